The van der Waals surface area contributed by atoms with Crippen molar-refractivity contribution >= 4 is 5.97 Å². The summed E-state index contributed by atoms with van der Waals surface area (Å²) in [5.74, 6) is 1.48. The number of likely N-dealkylation sites (tertiary alicyclic amines) is 1. The van der Waals surface area contributed by atoms with E-state index in [1.165, 1.54) is 25.7 Å². The van der Waals surface area contributed by atoms with Crippen LogP contribution in [-0.4, -0.2) is 35.6 Å². The van der Waals surface area contributed by atoms with Crippen LogP contribution in [0.15, 0.2) is 0 Å². The van der Waals surface area contributed by atoms with Crippen molar-refractivity contribution in [3.05, 3.63) is 0 Å². The van der Waals surface area contributed by atoms with Crippen LogP contribution in [0.3, 0.4) is 0 Å². The van der Waals surface area contributed by atoms with Gasteiger partial charge in [-0.15, -0.1) is 0 Å². The molecule has 2 unspecified atom stereocenters. The highest BCUT2D eigenvalue weighted by molar-refractivity contribution is 5.70. The van der Waals surface area contributed by atoms with Gasteiger partial charge in [0.15, 0.2) is 0 Å². The Bertz CT molecular complexity index is 284. The first-order valence-electron chi connectivity index (χ1n) is 7.49. The van der Waals surface area contributed by atoms with E-state index in [1.807, 2.05) is 0 Å². The molecule has 0 aromatic carbocycles. The van der Waals surface area contributed by atoms with Gasteiger partial charge in [-0.1, -0.05) is 26.7 Å². The molecule has 2 aliphatic rings. The largest absolute Gasteiger partial charge is 0.481 e. The molecule has 0 radical (unpaired) electrons. The summed E-state index contributed by atoms with van der Waals surface area (Å²) < 4.78 is 0. The lowest BCUT2D eigenvalue weighted by Crippen LogP contribution is -2.44. The van der Waals surface area contributed by atoms with Gasteiger partial charge in [0.2, 0.25) is 0 Å². The average Bonchev–Trinajstić information content (AvgIpc) is 2.31. The first-order valence-corrected chi connectivity index (χ1v) is 7.49. The zero-order valence-electron chi connectivity index (χ0n) is 11.8. The minimum absolute atomic E-state index is 0.142. The highest BCUT2D eigenvalue weighted by Crippen LogP contribution is 2.30. The van der Waals surface area contributed by atoms with Crippen LogP contribution in [0.1, 0.15) is 46.0 Å². The molecule has 1 aliphatic heterocycles. The van der Waals surface area contributed by atoms with Gasteiger partial charge in [0.05, 0.1) is 5.92 Å². The monoisotopic (exact) mass is 253 g/mol. The number of carboxylic acid groups (broad SMARTS) is 1. The SMILES string of the molecule is CC1CCC(CN2CC(C)CC(C(=O)O)C2)CC1. The molecule has 1 aliphatic carbocycles. The van der Waals surface area contributed by atoms with Gasteiger partial charge in [0.1, 0.15) is 0 Å². The Balaban J connectivity index is 1.83. The topological polar surface area (TPSA) is 40.5 Å². The molecule has 3 nitrogen and oxygen atoms in total. The molecular weight excluding hydrogens is 226 g/mol. The Morgan fingerprint density at radius 2 is 1.78 bits per heavy atom. The zero-order valence-corrected chi connectivity index (χ0v) is 11.8. The zero-order chi connectivity index (χ0) is 13.1. The van der Waals surface area contributed by atoms with Gasteiger partial charge in [0.25, 0.3) is 0 Å². The standard InChI is InChI=1S/C15H27NO2/c1-11-3-5-13(6-4-11)9-16-8-12(2)7-14(10-16)15(17)18/h11-14H,3-10H2,1-2H3,(H,17,18). The predicted molar refractivity (Wildman–Crippen MR) is 72.5 cm³/mol. The molecule has 2 fully saturated rings. The van der Waals surface area contributed by atoms with Gasteiger partial charge in [-0.2, -0.15) is 0 Å². The molecule has 0 bridgehead atoms. The van der Waals surface area contributed by atoms with E-state index < -0.39 is 5.97 Å². The number of rotatable bonds is 3. The third kappa shape index (κ3) is 3.71. The van der Waals surface area contributed by atoms with Gasteiger partial charge >= 0.3 is 5.97 Å². The number of carbonyl (C=O) groups is 1. The molecule has 0 amide bonds. The quantitative estimate of drug-likeness (QED) is 0.841. The Kier molecular flexibility index (Phi) is 4.66. The number of nitrogens with zero attached hydrogens (tertiary/aromatic N) is 1. The molecule has 104 valence electrons. The van der Waals surface area contributed by atoms with E-state index in [2.05, 4.69) is 18.7 Å². The van der Waals surface area contributed by atoms with Crippen LogP contribution in [0.5, 0.6) is 0 Å². The molecule has 2 rings (SSSR count). The highest BCUT2D eigenvalue weighted by Gasteiger charge is 2.31. The van der Waals surface area contributed by atoms with Crippen molar-refractivity contribution in [1.29, 1.82) is 0 Å². The molecule has 0 spiro atoms. The van der Waals surface area contributed by atoms with Crippen LogP contribution in [0.4, 0.5) is 0 Å². The van der Waals surface area contributed by atoms with Crippen LogP contribution in [0.2, 0.25) is 0 Å². The molecule has 1 heterocycles. The summed E-state index contributed by atoms with van der Waals surface area (Å²) >= 11 is 0. The second-order valence-corrected chi connectivity index (χ2v) is 6.72. The number of hydrogen-bond donors (Lipinski definition) is 1. The van der Waals surface area contributed by atoms with Crippen LogP contribution >= 0.6 is 0 Å². The third-order valence-electron chi connectivity index (χ3n) is 4.74. The van der Waals surface area contributed by atoms with Crippen molar-refractivity contribution in [2.75, 3.05) is 19.6 Å². The Hall–Kier alpha value is -0.570. The van der Waals surface area contributed by atoms with Crippen molar-refractivity contribution in [2.24, 2.45) is 23.7 Å². The fourth-order valence-corrected chi connectivity index (χ4v) is 3.67. The number of piperidine rings is 1. The smallest absolute Gasteiger partial charge is 0.307 e. The van der Waals surface area contributed by atoms with Gasteiger partial charge in [0, 0.05) is 19.6 Å². The normalized spacial score (nSPS) is 38.6. The maximum absolute atomic E-state index is 11.2. The van der Waals surface area contributed by atoms with Crippen molar-refractivity contribution < 1.29 is 9.90 Å². The first kappa shape index (κ1) is 13.9. The van der Waals surface area contributed by atoms with E-state index in [9.17, 15) is 9.90 Å². The minimum Gasteiger partial charge on any atom is -0.481 e. The van der Waals surface area contributed by atoms with E-state index in [0.29, 0.717) is 5.92 Å². The molecule has 0 aromatic heterocycles. The number of hydrogen-bond acceptors (Lipinski definition) is 2. The summed E-state index contributed by atoms with van der Waals surface area (Å²) in [4.78, 5) is 13.6. The molecule has 1 saturated carbocycles. The van der Waals surface area contributed by atoms with Crippen LogP contribution < -0.4 is 0 Å². The third-order valence-corrected chi connectivity index (χ3v) is 4.74. The fraction of sp³-hybridized carbons (Fsp3) is 0.933. The van der Waals surface area contributed by atoms with E-state index >= 15 is 0 Å². The Morgan fingerprint density at radius 1 is 1.11 bits per heavy atom. The molecule has 0 aromatic rings. The molecular formula is C15H27NO2. The summed E-state index contributed by atoms with van der Waals surface area (Å²) in [7, 11) is 0. The second-order valence-electron chi connectivity index (χ2n) is 6.72. The number of carboxylic acids is 1. The lowest BCUT2D eigenvalue weighted by Gasteiger charge is -2.38. The summed E-state index contributed by atoms with van der Waals surface area (Å²) in [6, 6.07) is 0. The lowest BCUT2D eigenvalue weighted by atomic mass is 9.82. The highest BCUT2D eigenvalue weighted by atomic mass is 16.4. The maximum atomic E-state index is 11.2. The van der Waals surface area contributed by atoms with Gasteiger partial charge in [-0.05, 0) is 37.0 Å². The Labute approximate surface area is 111 Å². The van der Waals surface area contributed by atoms with Crippen LogP contribution in [0, 0.1) is 23.7 Å². The van der Waals surface area contributed by atoms with Crippen molar-refractivity contribution in [3.63, 3.8) is 0 Å². The summed E-state index contributed by atoms with van der Waals surface area (Å²) in [5, 5.41) is 9.19. The molecule has 3 heteroatoms. The molecule has 1 saturated heterocycles. The number of aliphatic carboxylic acids is 1. The van der Waals surface area contributed by atoms with Crippen molar-refractivity contribution in [2.45, 2.75) is 46.0 Å². The molecule has 2 atom stereocenters. The lowest BCUT2D eigenvalue weighted by molar-refractivity contribution is -0.144. The van der Waals surface area contributed by atoms with Gasteiger partial charge in [-0.3, -0.25) is 4.79 Å². The summed E-state index contributed by atoms with van der Waals surface area (Å²) in [5.41, 5.74) is 0. The van der Waals surface area contributed by atoms with E-state index in [-0.39, 0.29) is 5.92 Å². The van der Waals surface area contributed by atoms with Gasteiger partial charge < -0.3 is 10.0 Å². The minimum atomic E-state index is -0.608. The van der Waals surface area contributed by atoms with Crippen LogP contribution in [0.25, 0.3) is 0 Å². The maximum Gasteiger partial charge on any atom is 0.307 e. The fourth-order valence-electron chi connectivity index (χ4n) is 3.67. The molecule has 1 N–H and O–H groups in total. The second kappa shape index (κ2) is 6.05. The predicted octanol–water partition coefficient (Wildman–Crippen LogP) is 2.86. The van der Waals surface area contributed by atoms with E-state index in [4.69, 9.17) is 0 Å². The average molecular weight is 253 g/mol. The Morgan fingerprint density at radius 3 is 2.39 bits per heavy atom. The van der Waals surface area contributed by atoms with Crippen molar-refractivity contribution in [1.82, 2.24) is 4.90 Å². The molecule has 18 heavy (non-hydrogen) atoms. The van der Waals surface area contributed by atoms with E-state index in [1.54, 1.807) is 0 Å². The van der Waals surface area contributed by atoms with Crippen molar-refractivity contribution in [3.8, 4) is 0 Å². The van der Waals surface area contributed by atoms with E-state index in [0.717, 1.165) is 37.9 Å². The first-order chi connectivity index (χ1) is 8.54. The van der Waals surface area contributed by atoms with Gasteiger partial charge in [-0.25, -0.2) is 0 Å². The van der Waals surface area contributed by atoms with Crippen LogP contribution in [-0.2, 0) is 4.79 Å². The summed E-state index contributed by atoms with van der Waals surface area (Å²) in [6.07, 6.45) is 6.24. The summed E-state index contributed by atoms with van der Waals surface area (Å²) in [6.45, 7) is 7.52.